The Labute approximate surface area is 649 Å². The van der Waals surface area contributed by atoms with E-state index < -0.39 is 27.4 Å². The molecule has 10 heteroatoms. The summed E-state index contributed by atoms with van der Waals surface area (Å²) < 4.78 is 124. The Hall–Kier alpha value is -12.5. The summed E-state index contributed by atoms with van der Waals surface area (Å²) in [6.45, 7) is 8.91. The van der Waals surface area contributed by atoms with Gasteiger partial charge in [0.2, 0.25) is 39.9 Å². The molecule has 0 saturated carbocycles. The lowest BCUT2D eigenvalue weighted by molar-refractivity contribution is -0.660. The molecule has 0 N–H and O–H groups in total. The number of pyridine rings is 7. The van der Waals surface area contributed by atoms with Gasteiger partial charge in [0, 0.05) is 107 Å². The second-order valence-electron chi connectivity index (χ2n) is 28.3. The Balaban J connectivity index is 0.000000127. The molecule has 0 spiro atoms. The first-order chi connectivity index (χ1) is 56.9. The van der Waals surface area contributed by atoms with Gasteiger partial charge >= 0.3 is 0 Å². The van der Waals surface area contributed by atoms with E-state index in [0.29, 0.717) is 83.5 Å². The number of nitrogens with zero attached hydrogens (tertiary/aromatic N) is 7. The first-order valence-corrected chi connectivity index (χ1v) is 36.1. The zero-order valence-corrected chi connectivity index (χ0v) is 62.9. The highest BCUT2D eigenvalue weighted by Gasteiger charge is 2.28. The highest BCUT2D eigenvalue weighted by Crippen LogP contribution is 2.43. The minimum atomic E-state index is -2.36. The van der Waals surface area contributed by atoms with Crippen LogP contribution in [0.5, 0.6) is 0 Å². The fraction of sp³-hybridized carbons (Fsp3) is 0.173. The second kappa shape index (κ2) is 29.1. The van der Waals surface area contributed by atoms with Crippen LogP contribution < -0.4 is 18.3 Å². The summed E-state index contributed by atoms with van der Waals surface area (Å²) in [6, 6.07) is 71.6. The molecule has 0 aliphatic heterocycles. The van der Waals surface area contributed by atoms with Crippen molar-refractivity contribution < 1.29 is 48.0 Å². The minimum Gasteiger partial charge on any atom is -0.437 e. The lowest BCUT2D eigenvalue weighted by atomic mass is 9.94. The van der Waals surface area contributed by atoms with Gasteiger partial charge in [-0.05, 0) is 216 Å². The van der Waals surface area contributed by atoms with Gasteiger partial charge in [-0.15, -0.1) is 0 Å². The van der Waals surface area contributed by atoms with Crippen LogP contribution in [0.3, 0.4) is 0 Å². The summed E-state index contributed by atoms with van der Waals surface area (Å²) in [6.07, 6.45) is 7.51. The van der Waals surface area contributed by atoms with E-state index in [1.165, 1.54) is 38.7 Å². The van der Waals surface area contributed by atoms with Crippen LogP contribution in [0.25, 0.3) is 155 Å². The maximum absolute atomic E-state index is 8.17. The molecule has 0 saturated heterocycles. The Morgan fingerprint density at radius 2 is 0.750 bits per heavy atom. The lowest BCUT2D eigenvalue weighted by Gasteiger charge is -2.11. The number of rotatable bonds is 7. The second-order valence-corrected chi connectivity index (χ2v) is 28.3. The van der Waals surface area contributed by atoms with Crippen LogP contribution in [-0.2, 0) is 28.2 Å². The van der Waals surface area contributed by atoms with Gasteiger partial charge in [-0.1, -0.05) is 145 Å². The maximum atomic E-state index is 8.17. The van der Waals surface area contributed by atoms with E-state index in [1.807, 2.05) is 198 Å². The smallest absolute Gasteiger partial charge is 0.227 e. The Bertz CT molecular complexity index is 7070. The van der Waals surface area contributed by atoms with Crippen LogP contribution in [0.15, 0.2) is 256 Å². The molecule has 18 aromatic rings. The van der Waals surface area contributed by atoms with Crippen molar-refractivity contribution in [1.29, 1.82) is 0 Å². The third-order valence-electron chi connectivity index (χ3n) is 20.6. The molecule has 0 bridgehead atoms. The van der Waals surface area contributed by atoms with Gasteiger partial charge in [0.25, 0.3) is 0 Å². The van der Waals surface area contributed by atoms with Crippen LogP contribution in [0.2, 0.25) is 0 Å². The first-order valence-electron chi connectivity index (χ1n) is 42.1. The summed E-state index contributed by atoms with van der Waals surface area (Å²) in [5.74, 6) is 0. The van der Waals surface area contributed by atoms with E-state index >= 15 is 0 Å². The van der Waals surface area contributed by atoms with Gasteiger partial charge in [0.1, 0.15) is 28.2 Å². The molecule has 0 aliphatic carbocycles. The normalized spacial score (nSPS) is 13.5. The van der Waals surface area contributed by atoms with E-state index in [0.717, 1.165) is 94.7 Å². The molecule has 0 unspecified atom stereocenters. The molecule has 0 aliphatic rings. The van der Waals surface area contributed by atoms with Crippen LogP contribution in [0.1, 0.15) is 89.2 Å². The topological polar surface area (TPSA) is 93.6 Å². The van der Waals surface area contributed by atoms with Crippen molar-refractivity contribution in [2.75, 3.05) is 0 Å². The summed E-state index contributed by atoms with van der Waals surface area (Å²) in [5.41, 5.74) is 26.1. The quantitative estimate of drug-likeness (QED) is 0.148. The average Bonchev–Trinajstić information content (AvgIpc) is 1.57. The fourth-order valence-corrected chi connectivity index (χ4v) is 15.0. The molecule has 532 valence electrons. The molecule has 10 nitrogen and oxygen atoms in total. The number of aryl methyl sites for hydroxylation is 16. The summed E-state index contributed by atoms with van der Waals surface area (Å²) >= 11 is 0. The van der Waals surface area contributed by atoms with Crippen molar-refractivity contribution in [3.63, 3.8) is 0 Å². The van der Waals surface area contributed by atoms with Gasteiger partial charge in [0.15, 0.2) is 41.5 Å². The molecule has 0 amide bonds. The minimum absolute atomic E-state index is 0.202. The number of benzene rings is 8. The van der Waals surface area contributed by atoms with Crippen molar-refractivity contribution in [3.05, 3.63) is 316 Å². The standard InChI is InChI=1S/C27H25N2O.2C26H23N2O.C19H20N/c1-16-13-17(2)25(26-24(16)21-12-11-19(4)28-27(21)30-26)23-14-22(18(3)15-29(23)5)20-9-7-6-8-10-20;1-16-10-12-20-21-13-11-18(3)27-26(21)29-25(20)24(16)23-14-22(17(2)15-28(23)4)19-8-6-5-7-9-19;1-16-14-17(2)24(25-23(16)21-11-10-18(3)27-26(21)29-25)22-15-20(12-13-28(22)4)19-8-6-5-7-9-19;1-13-11-14(2)15(3)18(12-13)19-17-8-6-5-7-16(17)9-10-20(19)4/h6-15H,1-5H3;2*5-15H,1-4H3;5-12H,1-4H3/q4*+1/i1D3,3D3;2D3;1D3;. The molecule has 108 heavy (non-hydrogen) atoms. The van der Waals surface area contributed by atoms with Crippen LogP contribution >= 0.6 is 0 Å². The van der Waals surface area contributed by atoms with E-state index in [1.54, 1.807) is 36.1 Å². The van der Waals surface area contributed by atoms with Gasteiger partial charge in [-0.3, -0.25) is 0 Å². The van der Waals surface area contributed by atoms with Crippen molar-refractivity contribution >= 4 is 77.0 Å². The largest absolute Gasteiger partial charge is 0.437 e. The molecular formula is C98H91N7O3+4. The number of furan rings is 3. The Morgan fingerprint density at radius 1 is 0.306 bits per heavy atom. The van der Waals surface area contributed by atoms with E-state index in [9.17, 15) is 0 Å². The average molecular weight is 1430 g/mol. The van der Waals surface area contributed by atoms with E-state index in [2.05, 4.69) is 132 Å². The molecule has 0 fully saturated rings. The molecule has 10 aromatic heterocycles. The molecular weight excluding hydrogens is 1320 g/mol. The SMILES string of the molecule is Cc1cc(C)c(C)c(-c2c3ccccc3cc[n+]2C)c1.[2H]C([2H])([2H])c1c[n+](C)c(-c2c(C)cc(C([2H])([2H])[2H])c3c2oc2nc(C)ccc23)cc1-c1ccccc1.[2H]C([2H])([2H])c1c[n+](C)c(-c2c(C)ccc3c2oc2nc(C)ccc23)cc1-c1ccccc1.[2H]C([2H])([2H])c1cc(C)c(-c2cc(-c3ccccc3)cc[n+]2C)c2oc3nc(C)ccc3c12. The predicted octanol–water partition coefficient (Wildman–Crippen LogP) is 22.8. The van der Waals surface area contributed by atoms with Gasteiger partial charge in [0.05, 0.1) is 27.6 Å². The summed E-state index contributed by atoms with van der Waals surface area (Å²) in [7, 11) is 7.77. The first kappa shape index (κ1) is 57.7. The monoisotopic (exact) mass is 1430 g/mol. The molecule has 18 rings (SSSR count). The van der Waals surface area contributed by atoms with Gasteiger partial charge in [-0.2, -0.15) is 0 Å². The highest BCUT2D eigenvalue weighted by molar-refractivity contribution is 6.12. The van der Waals surface area contributed by atoms with Crippen LogP contribution in [-0.4, -0.2) is 15.0 Å². The highest BCUT2D eigenvalue weighted by atomic mass is 16.3. The van der Waals surface area contributed by atoms with Crippen molar-refractivity contribution in [1.82, 2.24) is 15.0 Å². The number of hydrogen-bond acceptors (Lipinski definition) is 6. The maximum Gasteiger partial charge on any atom is 0.227 e. The molecule has 0 atom stereocenters. The zero-order valence-electron chi connectivity index (χ0n) is 74.9. The van der Waals surface area contributed by atoms with Crippen LogP contribution in [0, 0.1) is 89.7 Å². The van der Waals surface area contributed by atoms with E-state index in [-0.39, 0.29) is 11.1 Å². The number of hydrogen-bond donors (Lipinski definition) is 0. The lowest BCUT2D eigenvalue weighted by Crippen LogP contribution is -2.31. The van der Waals surface area contributed by atoms with E-state index in [4.69, 9.17) is 29.7 Å². The number of aromatic nitrogens is 7. The third kappa shape index (κ3) is 13.4. The Kier molecular flexibility index (Phi) is 15.5. The van der Waals surface area contributed by atoms with Crippen LogP contribution in [0.4, 0.5) is 0 Å². The van der Waals surface area contributed by atoms with Gasteiger partial charge < -0.3 is 13.3 Å². The summed E-state index contributed by atoms with van der Waals surface area (Å²) in [5, 5.41) is 7.03. The summed E-state index contributed by atoms with van der Waals surface area (Å²) in [4.78, 5) is 13.6. The molecule has 10 heterocycles. The predicted molar refractivity (Wildman–Crippen MR) is 443 cm³/mol. The molecule has 8 aromatic carbocycles. The third-order valence-corrected chi connectivity index (χ3v) is 20.6. The zero-order chi connectivity index (χ0) is 85.5. The van der Waals surface area contributed by atoms with Gasteiger partial charge in [-0.25, -0.2) is 33.2 Å². The fourth-order valence-electron chi connectivity index (χ4n) is 15.0. The van der Waals surface area contributed by atoms with Crippen molar-refractivity contribution in [2.45, 2.75) is 89.7 Å². The molecule has 0 radical (unpaired) electrons. The van der Waals surface area contributed by atoms with Crippen molar-refractivity contribution in [3.8, 4) is 78.4 Å². The van der Waals surface area contributed by atoms with Crippen molar-refractivity contribution in [2.24, 2.45) is 28.2 Å². The number of fused-ring (bicyclic) bond motifs is 10. The Morgan fingerprint density at radius 3 is 1.28 bits per heavy atom.